The van der Waals surface area contributed by atoms with Crippen molar-refractivity contribution in [1.29, 1.82) is 0 Å². The summed E-state index contributed by atoms with van der Waals surface area (Å²) in [7, 11) is -13.6. The minimum absolute atomic E-state index is 0.00291. The summed E-state index contributed by atoms with van der Waals surface area (Å²) in [5.74, 6) is 0.181. The van der Waals surface area contributed by atoms with Crippen LogP contribution in [0.2, 0.25) is 0 Å². The molecular formula is C14H26N3O13P3S2. The van der Waals surface area contributed by atoms with E-state index in [2.05, 4.69) is 18.1 Å². The molecule has 35 heavy (non-hydrogen) atoms. The molecule has 6 N–H and O–H groups in total. The molecule has 16 nitrogen and oxygen atoms in total. The van der Waals surface area contributed by atoms with Crippen LogP contribution in [0, 0.1) is 0 Å². The van der Waals surface area contributed by atoms with E-state index < -0.39 is 54.2 Å². The van der Waals surface area contributed by atoms with Gasteiger partial charge < -0.3 is 34.8 Å². The van der Waals surface area contributed by atoms with E-state index in [-0.39, 0.29) is 22.9 Å². The van der Waals surface area contributed by atoms with Crippen LogP contribution in [0.4, 0.5) is 5.82 Å². The molecule has 1 aliphatic rings. The van der Waals surface area contributed by atoms with Crippen molar-refractivity contribution in [1.82, 2.24) is 9.55 Å². The average molecular weight is 601 g/mol. The van der Waals surface area contributed by atoms with Gasteiger partial charge >= 0.3 is 29.2 Å². The molecule has 0 amide bonds. The van der Waals surface area contributed by atoms with Crippen LogP contribution in [0.15, 0.2) is 17.1 Å². The minimum Gasteiger partial charge on any atom is -0.383 e. The number of nitrogens with zero attached hydrogens (tertiary/aromatic N) is 2. The molecule has 2 rings (SSSR count). The fourth-order valence-electron chi connectivity index (χ4n) is 2.63. The number of nitrogen functional groups attached to an aromatic ring is 1. The summed E-state index contributed by atoms with van der Waals surface area (Å²) in [5.41, 5.74) is 4.78. The van der Waals surface area contributed by atoms with E-state index in [1.807, 2.05) is 20.8 Å². The lowest BCUT2D eigenvalue weighted by Crippen LogP contribution is -2.29. The van der Waals surface area contributed by atoms with Crippen molar-refractivity contribution >= 4 is 50.9 Å². The Labute approximate surface area is 207 Å². The second kappa shape index (κ2) is 12.0. The third-order valence-electron chi connectivity index (χ3n) is 3.80. The SMILES string of the molecule is CC(C)(C)SSCO[C@@H]1C[C@H](n2ccc(N)nc2=O)O[C@@H]1COP(=O)(O)OP(=O)(O)OP(=O)(O)O. The molecule has 0 saturated carbocycles. The maximum atomic E-state index is 12.2. The van der Waals surface area contributed by atoms with Crippen molar-refractivity contribution < 1.29 is 55.9 Å². The predicted molar refractivity (Wildman–Crippen MR) is 126 cm³/mol. The van der Waals surface area contributed by atoms with Gasteiger partial charge in [0.1, 0.15) is 24.1 Å². The molecule has 2 heterocycles. The molecule has 1 aromatic heterocycles. The number of ether oxygens (including phenoxy) is 2. The first kappa shape index (κ1) is 30.9. The maximum absolute atomic E-state index is 12.2. The largest absolute Gasteiger partial charge is 0.490 e. The van der Waals surface area contributed by atoms with Gasteiger partial charge in [-0.1, -0.05) is 42.4 Å². The Morgan fingerprint density at radius 1 is 1.20 bits per heavy atom. The molecule has 0 aliphatic carbocycles. The third kappa shape index (κ3) is 11.3. The van der Waals surface area contributed by atoms with Crippen molar-refractivity contribution in [3.05, 3.63) is 22.7 Å². The number of aromatic nitrogens is 2. The van der Waals surface area contributed by atoms with Gasteiger partial charge in [-0.15, -0.1) is 0 Å². The zero-order valence-electron chi connectivity index (χ0n) is 18.6. The number of rotatable bonds is 12. The molecule has 0 radical (unpaired) electrons. The standard InChI is InChI=1S/C14H26N3O13P3S2/c1-14(2,3)35-34-8-26-9-6-12(17-5-4-11(15)16-13(17)18)28-10(9)7-27-32(22,23)30-33(24,25)29-31(19,20)21/h4-5,9-10,12H,6-8H2,1-3H3,(H,22,23)(H,24,25)(H2,15,16,18)(H2,19,20,21)/t9-,10-,12-/m1/s1. The topological polar surface area (TPSA) is 239 Å². The number of hydrogen-bond acceptors (Lipinski definition) is 13. The Kier molecular flexibility index (Phi) is 10.6. The second-order valence-electron chi connectivity index (χ2n) is 7.93. The lowest BCUT2D eigenvalue weighted by atomic mass is 10.2. The molecule has 0 aromatic carbocycles. The second-order valence-corrected chi connectivity index (χ2v) is 15.4. The highest BCUT2D eigenvalue weighted by Crippen LogP contribution is 2.66. The summed E-state index contributed by atoms with van der Waals surface area (Å²) < 4.78 is 58.9. The molecule has 1 saturated heterocycles. The first-order chi connectivity index (χ1) is 15.9. The highest BCUT2D eigenvalue weighted by atomic mass is 33.1. The fraction of sp³-hybridized carbons (Fsp3) is 0.714. The molecule has 5 atom stereocenters. The van der Waals surface area contributed by atoms with E-state index >= 15 is 0 Å². The van der Waals surface area contributed by atoms with Crippen LogP contribution in [0.25, 0.3) is 0 Å². The van der Waals surface area contributed by atoms with Gasteiger partial charge in [0.2, 0.25) is 0 Å². The highest BCUT2D eigenvalue weighted by molar-refractivity contribution is 8.77. The number of hydrogen-bond donors (Lipinski definition) is 5. The summed E-state index contributed by atoms with van der Waals surface area (Å²) >= 11 is 0. The Bertz CT molecular complexity index is 1080. The summed E-state index contributed by atoms with van der Waals surface area (Å²) in [6.07, 6.45) is -1.27. The Hall–Kier alpha value is -0.290. The first-order valence-corrected chi connectivity index (χ1v) is 16.4. The molecule has 2 unspecified atom stereocenters. The zero-order valence-corrected chi connectivity index (χ0v) is 22.9. The van der Waals surface area contributed by atoms with Crippen LogP contribution in [0.3, 0.4) is 0 Å². The molecule has 1 aromatic rings. The van der Waals surface area contributed by atoms with E-state index in [0.717, 1.165) is 4.57 Å². The normalized spacial score (nSPS) is 24.7. The van der Waals surface area contributed by atoms with Gasteiger partial charge in [-0.05, 0) is 6.07 Å². The van der Waals surface area contributed by atoms with Crippen LogP contribution in [-0.4, -0.2) is 58.6 Å². The van der Waals surface area contributed by atoms with Gasteiger partial charge in [0, 0.05) is 17.4 Å². The van der Waals surface area contributed by atoms with Crippen molar-refractivity contribution in [3.63, 3.8) is 0 Å². The molecule has 21 heteroatoms. The van der Waals surface area contributed by atoms with E-state index in [4.69, 9.17) is 25.0 Å². The maximum Gasteiger partial charge on any atom is 0.490 e. The van der Waals surface area contributed by atoms with Gasteiger partial charge in [0.05, 0.1) is 12.7 Å². The van der Waals surface area contributed by atoms with Crippen molar-refractivity contribution in [2.45, 2.75) is 50.4 Å². The number of phosphoric ester groups is 1. The van der Waals surface area contributed by atoms with E-state index in [9.17, 15) is 28.3 Å². The minimum atomic E-state index is -5.67. The van der Waals surface area contributed by atoms with E-state index in [0.29, 0.717) is 0 Å². The van der Waals surface area contributed by atoms with Gasteiger partial charge in [-0.25, -0.2) is 18.5 Å². The molecular weight excluding hydrogens is 575 g/mol. The molecule has 202 valence electrons. The highest BCUT2D eigenvalue weighted by Gasteiger charge is 2.43. The van der Waals surface area contributed by atoms with Crippen LogP contribution in [-0.2, 0) is 36.3 Å². The predicted octanol–water partition coefficient (Wildman–Crippen LogP) is 1.98. The zero-order chi connectivity index (χ0) is 26.7. The molecule has 1 fully saturated rings. The van der Waals surface area contributed by atoms with E-state index in [1.165, 1.54) is 23.1 Å². The van der Waals surface area contributed by atoms with Crippen molar-refractivity contribution in [2.75, 3.05) is 18.3 Å². The van der Waals surface area contributed by atoms with Crippen molar-refractivity contribution in [2.24, 2.45) is 0 Å². The van der Waals surface area contributed by atoms with Gasteiger partial charge in [0.25, 0.3) is 0 Å². The summed E-state index contributed by atoms with van der Waals surface area (Å²) in [5, 5.41) is 0. The van der Waals surface area contributed by atoms with Crippen molar-refractivity contribution in [3.8, 4) is 0 Å². The van der Waals surface area contributed by atoms with Gasteiger partial charge in [0.15, 0.2) is 0 Å². The molecule has 0 spiro atoms. The van der Waals surface area contributed by atoms with Crippen LogP contribution < -0.4 is 11.4 Å². The number of nitrogens with two attached hydrogens (primary N) is 1. The fourth-order valence-corrected chi connectivity index (χ4v) is 7.66. The third-order valence-corrected chi connectivity index (χ3v) is 10.6. The lowest BCUT2D eigenvalue weighted by molar-refractivity contribution is -0.0543. The first-order valence-electron chi connectivity index (χ1n) is 9.56. The Balaban J connectivity index is 2.09. The van der Waals surface area contributed by atoms with Gasteiger partial charge in [-0.3, -0.25) is 9.09 Å². The Morgan fingerprint density at radius 3 is 2.43 bits per heavy atom. The summed E-state index contributed by atoms with van der Waals surface area (Å²) in [4.78, 5) is 52.0. The molecule has 1 aliphatic heterocycles. The quantitative estimate of drug-likeness (QED) is 0.0995. The van der Waals surface area contributed by atoms with Crippen LogP contribution >= 0.6 is 45.1 Å². The summed E-state index contributed by atoms with van der Waals surface area (Å²) in [6.45, 7) is 5.29. The number of anilines is 1. The monoisotopic (exact) mass is 601 g/mol. The average Bonchev–Trinajstić information content (AvgIpc) is 3.02. The number of phosphoric acid groups is 3. The summed E-state index contributed by atoms with van der Waals surface area (Å²) in [6, 6.07) is 1.37. The molecule has 0 bridgehead atoms. The van der Waals surface area contributed by atoms with Crippen LogP contribution in [0.5, 0.6) is 0 Å². The van der Waals surface area contributed by atoms with Crippen LogP contribution in [0.1, 0.15) is 33.4 Å². The lowest BCUT2D eigenvalue weighted by Gasteiger charge is -2.22. The van der Waals surface area contributed by atoms with E-state index in [1.54, 1.807) is 10.8 Å². The smallest absolute Gasteiger partial charge is 0.383 e. The Morgan fingerprint density at radius 2 is 1.86 bits per heavy atom. The van der Waals surface area contributed by atoms with Gasteiger partial charge in [-0.2, -0.15) is 13.6 Å².